The summed E-state index contributed by atoms with van der Waals surface area (Å²) < 4.78 is 0. The van der Waals surface area contributed by atoms with E-state index in [-0.39, 0.29) is 17.5 Å². The Bertz CT molecular complexity index is 407. The Morgan fingerprint density at radius 2 is 2.18 bits per heavy atom. The molecule has 0 amide bonds. The summed E-state index contributed by atoms with van der Waals surface area (Å²) in [5.41, 5.74) is 11.7. The van der Waals surface area contributed by atoms with Crippen molar-refractivity contribution >= 4 is 23.2 Å². The number of anilines is 1. The van der Waals surface area contributed by atoms with E-state index in [9.17, 15) is 4.79 Å². The predicted octanol–water partition coefficient (Wildman–Crippen LogP) is 2.12. The number of aromatic nitrogens is 1. The number of nitrogens with two attached hydrogens (primary N) is 2. The van der Waals surface area contributed by atoms with Crippen LogP contribution >= 0.6 is 11.6 Å². The number of hydrogen-bond acceptors (Lipinski definition) is 4. The molecular formula is C12H18ClN3O. The van der Waals surface area contributed by atoms with Crippen molar-refractivity contribution in [3.05, 3.63) is 22.8 Å². The summed E-state index contributed by atoms with van der Waals surface area (Å²) in [5, 5.41) is 0.405. The highest BCUT2D eigenvalue weighted by Crippen LogP contribution is 2.21. The van der Waals surface area contributed by atoms with Gasteiger partial charge in [0, 0.05) is 18.7 Å². The number of Topliss-reactive ketones (excluding diaryl/α,β-unsaturated/α-hetero) is 1. The molecule has 0 bridgehead atoms. The van der Waals surface area contributed by atoms with Crippen LogP contribution in [-0.4, -0.2) is 17.3 Å². The van der Waals surface area contributed by atoms with Gasteiger partial charge in [0.05, 0.1) is 10.6 Å². The van der Waals surface area contributed by atoms with E-state index in [2.05, 4.69) is 18.8 Å². The fourth-order valence-corrected chi connectivity index (χ4v) is 1.90. The Morgan fingerprint density at radius 3 is 2.71 bits per heavy atom. The van der Waals surface area contributed by atoms with E-state index in [4.69, 9.17) is 23.1 Å². The molecule has 1 heterocycles. The monoisotopic (exact) mass is 255 g/mol. The number of carbonyl (C=O) groups excluding carboxylic acids is 1. The molecule has 0 aromatic carbocycles. The van der Waals surface area contributed by atoms with Gasteiger partial charge in [0.25, 0.3) is 0 Å². The second-order valence-corrected chi connectivity index (χ2v) is 4.95. The van der Waals surface area contributed by atoms with Crippen LogP contribution in [0.3, 0.4) is 0 Å². The van der Waals surface area contributed by atoms with Crippen LogP contribution in [0.5, 0.6) is 0 Å². The van der Waals surface area contributed by atoms with Crippen LogP contribution in [0.4, 0.5) is 5.82 Å². The molecule has 0 saturated carbocycles. The quantitative estimate of drug-likeness (QED) is 0.790. The average Bonchev–Trinajstić information content (AvgIpc) is 2.28. The van der Waals surface area contributed by atoms with Crippen molar-refractivity contribution in [2.24, 2.45) is 17.6 Å². The molecule has 0 spiro atoms. The van der Waals surface area contributed by atoms with Crippen molar-refractivity contribution in [1.82, 2.24) is 4.98 Å². The first-order valence-electron chi connectivity index (χ1n) is 5.61. The first-order chi connectivity index (χ1) is 7.95. The standard InChI is InChI=1S/C12H18ClN3O/c1-7(2)3-8(5-14)11(17)10-4-9(13)6-16-12(10)15/h4,6-8H,3,5,14H2,1-2H3,(H2,15,16). The molecule has 1 aromatic heterocycles. The topological polar surface area (TPSA) is 82.0 Å². The van der Waals surface area contributed by atoms with Gasteiger partial charge in [-0.3, -0.25) is 4.79 Å². The normalized spacial score (nSPS) is 12.8. The smallest absolute Gasteiger partial charge is 0.170 e. The summed E-state index contributed by atoms with van der Waals surface area (Å²) in [7, 11) is 0. The fourth-order valence-electron chi connectivity index (χ4n) is 1.75. The minimum atomic E-state index is -0.224. The zero-order valence-electron chi connectivity index (χ0n) is 10.1. The van der Waals surface area contributed by atoms with Crippen molar-refractivity contribution in [2.45, 2.75) is 20.3 Å². The van der Waals surface area contributed by atoms with Crippen LogP contribution < -0.4 is 11.5 Å². The summed E-state index contributed by atoms with van der Waals surface area (Å²) in [4.78, 5) is 16.1. The molecule has 0 saturated heterocycles. The van der Waals surface area contributed by atoms with Crippen LogP contribution in [0.1, 0.15) is 30.6 Å². The number of rotatable bonds is 5. The predicted molar refractivity (Wildman–Crippen MR) is 70.0 cm³/mol. The van der Waals surface area contributed by atoms with Gasteiger partial charge in [0.15, 0.2) is 5.78 Å². The lowest BCUT2D eigenvalue weighted by molar-refractivity contribution is 0.0909. The number of ketones is 1. The van der Waals surface area contributed by atoms with Crippen LogP contribution in [0.2, 0.25) is 5.02 Å². The highest BCUT2D eigenvalue weighted by molar-refractivity contribution is 6.31. The van der Waals surface area contributed by atoms with Crippen molar-refractivity contribution < 1.29 is 4.79 Å². The van der Waals surface area contributed by atoms with Gasteiger partial charge in [-0.2, -0.15) is 0 Å². The van der Waals surface area contributed by atoms with Crippen molar-refractivity contribution in [3.63, 3.8) is 0 Å². The van der Waals surface area contributed by atoms with Crippen molar-refractivity contribution in [1.29, 1.82) is 0 Å². The Hall–Kier alpha value is -1.13. The molecule has 94 valence electrons. The number of pyridine rings is 1. The molecule has 0 aliphatic rings. The minimum Gasteiger partial charge on any atom is -0.383 e. The molecule has 1 atom stereocenters. The van der Waals surface area contributed by atoms with Crippen LogP contribution in [0.15, 0.2) is 12.3 Å². The van der Waals surface area contributed by atoms with Crippen LogP contribution in [0.25, 0.3) is 0 Å². The largest absolute Gasteiger partial charge is 0.383 e. The van der Waals surface area contributed by atoms with E-state index >= 15 is 0 Å². The maximum absolute atomic E-state index is 12.2. The maximum atomic E-state index is 12.2. The van der Waals surface area contributed by atoms with E-state index in [0.29, 0.717) is 23.0 Å². The van der Waals surface area contributed by atoms with Crippen molar-refractivity contribution in [2.75, 3.05) is 12.3 Å². The third kappa shape index (κ3) is 3.68. The van der Waals surface area contributed by atoms with Gasteiger partial charge in [-0.25, -0.2) is 4.98 Å². The second-order valence-electron chi connectivity index (χ2n) is 4.51. The Morgan fingerprint density at radius 1 is 1.53 bits per heavy atom. The average molecular weight is 256 g/mol. The number of nitrogen functional groups attached to an aromatic ring is 1. The van der Waals surface area contributed by atoms with Gasteiger partial charge >= 0.3 is 0 Å². The SMILES string of the molecule is CC(C)CC(CN)C(=O)c1cc(Cl)cnc1N. The Labute approximate surface area is 106 Å². The summed E-state index contributed by atoms with van der Waals surface area (Å²) in [6.45, 7) is 4.41. The maximum Gasteiger partial charge on any atom is 0.170 e. The molecule has 5 heteroatoms. The zero-order valence-corrected chi connectivity index (χ0v) is 10.9. The first-order valence-corrected chi connectivity index (χ1v) is 5.98. The third-order valence-electron chi connectivity index (χ3n) is 2.56. The molecule has 17 heavy (non-hydrogen) atoms. The Balaban J connectivity index is 2.97. The summed E-state index contributed by atoms with van der Waals surface area (Å²) in [6, 6.07) is 1.55. The lowest BCUT2D eigenvalue weighted by Gasteiger charge is -2.16. The molecule has 0 radical (unpaired) electrons. The van der Waals surface area contributed by atoms with Crippen LogP contribution in [0, 0.1) is 11.8 Å². The fraction of sp³-hybridized carbons (Fsp3) is 0.500. The molecule has 4 nitrogen and oxygen atoms in total. The summed E-state index contributed by atoms with van der Waals surface area (Å²) in [6.07, 6.45) is 2.16. The molecular weight excluding hydrogens is 238 g/mol. The Kier molecular flexibility index (Phi) is 4.90. The third-order valence-corrected chi connectivity index (χ3v) is 2.77. The van der Waals surface area contributed by atoms with E-state index in [1.807, 2.05) is 0 Å². The van der Waals surface area contributed by atoms with E-state index in [1.165, 1.54) is 6.20 Å². The highest BCUT2D eigenvalue weighted by atomic mass is 35.5. The molecule has 0 aliphatic carbocycles. The molecule has 0 fully saturated rings. The van der Waals surface area contributed by atoms with E-state index in [1.54, 1.807) is 6.07 Å². The first kappa shape index (κ1) is 13.9. The van der Waals surface area contributed by atoms with Gasteiger partial charge in [-0.15, -0.1) is 0 Å². The summed E-state index contributed by atoms with van der Waals surface area (Å²) >= 11 is 5.81. The molecule has 1 unspecified atom stereocenters. The van der Waals surface area contributed by atoms with Gasteiger partial charge in [0.2, 0.25) is 0 Å². The summed E-state index contributed by atoms with van der Waals surface area (Å²) in [5.74, 6) is 0.314. The molecule has 0 aliphatic heterocycles. The van der Waals surface area contributed by atoms with Gasteiger partial charge in [-0.05, 0) is 18.4 Å². The molecule has 1 rings (SSSR count). The van der Waals surface area contributed by atoms with Crippen LogP contribution in [-0.2, 0) is 0 Å². The number of hydrogen-bond donors (Lipinski definition) is 2. The molecule has 1 aromatic rings. The second kappa shape index (κ2) is 5.98. The van der Waals surface area contributed by atoms with E-state index in [0.717, 1.165) is 6.42 Å². The number of carbonyl (C=O) groups is 1. The van der Waals surface area contributed by atoms with Gasteiger partial charge in [0.1, 0.15) is 5.82 Å². The highest BCUT2D eigenvalue weighted by Gasteiger charge is 2.22. The van der Waals surface area contributed by atoms with E-state index < -0.39 is 0 Å². The number of nitrogens with zero attached hydrogens (tertiary/aromatic N) is 1. The van der Waals surface area contributed by atoms with Gasteiger partial charge < -0.3 is 11.5 Å². The van der Waals surface area contributed by atoms with Gasteiger partial charge in [-0.1, -0.05) is 25.4 Å². The van der Waals surface area contributed by atoms with Crippen molar-refractivity contribution in [3.8, 4) is 0 Å². The zero-order chi connectivity index (χ0) is 13.0. The lowest BCUT2D eigenvalue weighted by atomic mass is 9.90. The molecule has 4 N–H and O–H groups in total. The minimum absolute atomic E-state index is 0.0753. The lowest BCUT2D eigenvalue weighted by Crippen LogP contribution is -2.26. The number of halogens is 1.